The third-order valence-electron chi connectivity index (χ3n) is 3.94. The molecular formula is C15H18N2O2. The summed E-state index contributed by atoms with van der Waals surface area (Å²) in [7, 11) is 0. The standard InChI is InChI=1S/C15H18N2O2/c18-14-7-6-13(17-14)15(19)16-9-10-4-5-11-2-1-3-12(11)8-10/h4-5,8,13H,1-3,6-7,9H2,(H,16,19)(H,17,18). The highest BCUT2D eigenvalue weighted by Crippen LogP contribution is 2.22. The molecule has 4 heteroatoms. The Balaban J connectivity index is 1.57. The van der Waals surface area contributed by atoms with Crippen molar-refractivity contribution < 1.29 is 9.59 Å². The molecular weight excluding hydrogens is 240 g/mol. The molecule has 1 aliphatic heterocycles. The van der Waals surface area contributed by atoms with Crippen LogP contribution in [0, 0.1) is 0 Å². The van der Waals surface area contributed by atoms with E-state index in [1.54, 1.807) is 0 Å². The van der Waals surface area contributed by atoms with Crippen LogP contribution in [-0.2, 0) is 29.0 Å². The molecule has 2 amide bonds. The highest BCUT2D eigenvalue weighted by atomic mass is 16.2. The van der Waals surface area contributed by atoms with E-state index in [0.29, 0.717) is 19.4 Å². The summed E-state index contributed by atoms with van der Waals surface area (Å²) in [5.74, 6) is -0.107. The molecule has 19 heavy (non-hydrogen) atoms. The number of rotatable bonds is 3. The van der Waals surface area contributed by atoms with Gasteiger partial charge in [-0.1, -0.05) is 18.2 Å². The first kappa shape index (κ1) is 12.2. The third-order valence-corrected chi connectivity index (χ3v) is 3.94. The molecule has 1 aliphatic carbocycles. The lowest BCUT2D eigenvalue weighted by atomic mass is 10.1. The van der Waals surface area contributed by atoms with Crippen molar-refractivity contribution in [1.82, 2.24) is 10.6 Å². The second-order valence-corrected chi connectivity index (χ2v) is 5.33. The quantitative estimate of drug-likeness (QED) is 0.852. The van der Waals surface area contributed by atoms with Crippen LogP contribution in [0.15, 0.2) is 18.2 Å². The van der Waals surface area contributed by atoms with E-state index in [1.165, 1.54) is 24.0 Å². The molecule has 1 fully saturated rings. The fourth-order valence-corrected chi connectivity index (χ4v) is 2.86. The summed E-state index contributed by atoms with van der Waals surface area (Å²) in [4.78, 5) is 22.9. The molecule has 1 saturated heterocycles. The zero-order chi connectivity index (χ0) is 13.2. The summed E-state index contributed by atoms with van der Waals surface area (Å²) >= 11 is 0. The van der Waals surface area contributed by atoms with Crippen LogP contribution in [0.3, 0.4) is 0 Å². The molecule has 1 atom stereocenters. The van der Waals surface area contributed by atoms with Crippen molar-refractivity contribution in [3.8, 4) is 0 Å². The Hall–Kier alpha value is -1.84. The monoisotopic (exact) mass is 258 g/mol. The molecule has 2 N–H and O–H groups in total. The van der Waals surface area contributed by atoms with E-state index in [2.05, 4.69) is 28.8 Å². The second kappa shape index (κ2) is 5.03. The van der Waals surface area contributed by atoms with E-state index in [-0.39, 0.29) is 17.9 Å². The lowest BCUT2D eigenvalue weighted by molar-refractivity contribution is -0.125. The number of hydrogen-bond donors (Lipinski definition) is 2. The largest absolute Gasteiger partial charge is 0.350 e. The lowest BCUT2D eigenvalue weighted by Crippen LogP contribution is -2.41. The highest BCUT2D eigenvalue weighted by Gasteiger charge is 2.26. The van der Waals surface area contributed by atoms with E-state index in [1.807, 2.05) is 0 Å². The van der Waals surface area contributed by atoms with Crippen molar-refractivity contribution in [3.63, 3.8) is 0 Å². The van der Waals surface area contributed by atoms with Crippen LogP contribution >= 0.6 is 0 Å². The average Bonchev–Trinajstić information content (AvgIpc) is 3.03. The Labute approximate surface area is 112 Å². The van der Waals surface area contributed by atoms with Crippen LogP contribution in [0.25, 0.3) is 0 Å². The van der Waals surface area contributed by atoms with Crippen molar-refractivity contribution in [2.24, 2.45) is 0 Å². The minimum atomic E-state index is -0.345. The summed E-state index contributed by atoms with van der Waals surface area (Å²) < 4.78 is 0. The maximum absolute atomic E-state index is 11.9. The zero-order valence-electron chi connectivity index (χ0n) is 10.9. The van der Waals surface area contributed by atoms with Crippen LogP contribution in [0.5, 0.6) is 0 Å². The van der Waals surface area contributed by atoms with Gasteiger partial charge in [0.2, 0.25) is 11.8 Å². The van der Waals surface area contributed by atoms with Crippen molar-refractivity contribution in [2.75, 3.05) is 0 Å². The van der Waals surface area contributed by atoms with Crippen molar-refractivity contribution >= 4 is 11.8 Å². The molecule has 0 radical (unpaired) electrons. The van der Waals surface area contributed by atoms with Gasteiger partial charge in [0.25, 0.3) is 0 Å². The van der Waals surface area contributed by atoms with E-state index in [9.17, 15) is 9.59 Å². The summed E-state index contributed by atoms with van der Waals surface area (Å²) in [6.07, 6.45) is 4.62. The lowest BCUT2D eigenvalue weighted by Gasteiger charge is -2.11. The van der Waals surface area contributed by atoms with Gasteiger partial charge in [-0.25, -0.2) is 0 Å². The SMILES string of the molecule is O=C1CCC(C(=O)NCc2ccc3c(c2)CCC3)N1. The molecule has 0 bridgehead atoms. The van der Waals surface area contributed by atoms with Gasteiger partial charge >= 0.3 is 0 Å². The fourth-order valence-electron chi connectivity index (χ4n) is 2.86. The molecule has 4 nitrogen and oxygen atoms in total. The van der Waals surface area contributed by atoms with Gasteiger partial charge in [0.05, 0.1) is 0 Å². The van der Waals surface area contributed by atoms with Crippen LogP contribution in [0.2, 0.25) is 0 Å². The predicted octanol–water partition coefficient (Wildman–Crippen LogP) is 1.07. The highest BCUT2D eigenvalue weighted by molar-refractivity contribution is 5.90. The van der Waals surface area contributed by atoms with Gasteiger partial charge in [-0.3, -0.25) is 9.59 Å². The first-order valence-corrected chi connectivity index (χ1v) is 6.90. The topological polar surface area (TPSA) is 58.2 Å². The van der Waals surface area contributed by atoms with Gasteiger partial charge in [0, 0.05) is 13.0 Å². The normalized spacial score (nSPS) is 21.1. The molecule has 1 aromatic rings. The minimum absolute atomic E-state index is 0.0299. The molecule has 1 heterocycles. The van der Waals surface area contributed by atoms with Crippen LogP contribution in [0.4, 0.5) is 0 Å². The number of carbonyl (C=O) groups excluding carboxylic acids is 2. The van der Waals surface area contributed by atoms with Gasteiger partial charge in [-0.05, 0) is 42.4 Å². The second-order valence-electron chi connectivity index (χ2n) is 5.33. The van der Waals surface area contributed by atoms with E-state index < -0.39 is 0 Å². The molecule has 0 spiro atoms. The molecule has 100 valence electrons. The number of aryl methyl sites for hydroxylation is 2. The Bertz CT molecular complexity index is 525. The average molecular weight is 258 g/mol. The van der Waals surface area contributed by atoms with Crippen LogP contribution in [-0.4, -0.2) is 17.9 Å². The number of hydrogen-bond acceptors (Lipinski definition) is 2. The molecule has 3 rings (SSSR count). The van der Waals surface area contributed by atoms with Gasteiger partial charge in [0.1, 0.15) is 6.04 Å². The molecule has 1 unspecified atom stereocenters. The molecule has 2 aliphatic rings. The Morgan fingerprint density at radius 2 is 2.11 bits per heavy atom. The van der Waals surface area contributed by atoms with Crippen molar-refractivity contribution in [2.45, 2.75) is 44.7 Å². The minimum Gasteiger partial charge on any atom is -0.350 e. The van der Waals surface area contributed by atoms with Gasteiger partial charge in [-0.15, -0.1) is 0 Å². The van der Waals surface area contributed by atoms with E-state index in [0.717, 1.165) is 12.0 Å². The van der Waals surface area contributed by atoms with Crippen molar-refractivity contribution in [3.05, 3.63) is 34.9 Å². The van der Waals surface area contributed by atoms with Crippen LogP contribution < -0.4 is 10.6 Å². The first-order chi connectivity index (χ1) is 9.22. The number of carbonyl (C=O) groups is 2. The van der Waals surface area contributed by atoms with Crippen molar-refractivity contribution in [1.29, 1.82) is 0 Å². The Kier molecular flexibility index (Phi) is 3.23. The third kappa shape index (κ3) is 2.62. The number of fused-ring (bicyclic) bond motifs is 1. The maximum Gasteiger partial charge on any atom is 0.242 e. The fraction of sp³-hybridized carbons (Fsp3) is 0.467. The summed E-state index contributed by atoms with van der Waals surface area (Å²) in [5.41, 5.74) is 4.00. The van der Waals surface area contributed by atoms with Gasteiger partial charge in [0.15, 0.2) is 0 Å². The number of benzene rings is 1. The van der Waals surface area contributed by atoms with Gasteiger partial charge < -0.3 is 10.6 Å². The molecule has 0 aromatic heterocycles. The Morgan fingerprint density at radius 3 is 2.89 bits per heavy atom. The number of nitrogens with one attached hydrogen (secondary N) is 2. The van der Waals surface area contributed by atoms with E-state index in [4.69, 9.17) is 0 Å². The zero-order valence-corrected chi connectivity index (χ0v) is 10.9. The Morgan fingerprint density at radius 1 is 1.26 bits per heavy atom. The van der Waals surface area contributed by atoms with Crippen LogP contribution in [0.1, 0.15) is 36.0 Å². The first-order valence-electron chi connectivity index (χ1n) is 6.90. The molecule has 1 aromatic carbocycles. The predicted molar refractivity (Wildman–Crippen MR) is 71.5 cm³/mol. The summed E-state index contributed by atoms with van der Waals surface area (Å²) in [6, 6.07) is 6.09. The van der Waals surface area contributed by atoms with Gasteiger partial charge in [-0.2, -0.15) is 0 Å². The summed E-state index contributed by atoms with van der Waals surface area (Å²) in [6.45, 7) is 0.540. The number of amides is 2. The maximum atomic E-state index is 11.9. The summed E-state index contributed by atoms with van der Waals surface area (Å²) in [5, 5.41) is 5.58. The smallest absolute Gasteiger partial charge is 0.242 e. The molecule has 0 saturated carbocycles. The van der Waals surface area contributed by atoms with E-state index >= 15 is 0 Å².